The molecule has 0 spiro atoms. The van der Waals surface area contributed by atoms with E-state index in [1.54, 1.807) is 0 Å². The summed E-state index contributed by atoms with van der Waals surface area (Å²) in [5.74, 6) is 5.43. The first-order valence-corrected chi connectivity index (χ1v) is 9.96. The van der Waals surface area contributed by atoms with E-state index in [0.717, 1.165) is 30.2 Å². The van der Waals surface area contributed by atoms with Gasteiger partial charge in [-0.15, -0.1) is 10.2 Å². The molecule has 0 aromatic carbocycles. The molecular weight excluding hydrogens is 284 g/mol. The van der Waals surface area contributed by atoms with Crippen molar-refractivity contribution in [3.63, 3.8) is 0 Å². The number of rotatable bonds is 3. The fourth-order valence-corrected chi connectivity index (χ4v) is 6.69. The van der Waals surface area contributed by atoms with Crippen molar-refractivity contribution in [3.8, 4) is 0 Å². The Balaban J connectivity index is 1.52. The van der Waals surface area contributed by atoms with Crippen molar-refractivity contribution in [2.75, 3.05) is 18.0 Å². The van der Waals surface area contributed by atoms with Crippen LogP contribution in [0.4, 0.5) is 5.95 Å². The van der Waals surface area contributed by atoms with Crippen LogP contribution in [0.15, 0.2) is 0 Å². The van der Waals surface area contributed by atoms with Crippen molar-refractivity contribution in [2.45, 2.75) is 76.7 Å². The summed E-state index contributed by atoms with van der Waals surface area (Å²) in [7, 11) is 0. The van der Waals surface area contributed by atoms with Crippen LogP contribution in [0.25, 0.3) is 0 Å². The smallest absolute Gasteiger partial charge is 0.227 e. The summed E-state index contributed by atoms with van der Waals surface area (Å²) >= 11 is 0. The zero-order valence-electron chi connectivity index (χ0n) is 14.5. The fourth-order valence-electron chi connectivity index (χ4n) is 6.69. The molecule has 23 heavy (non-hydrogen) atoms. The van der Waals surface area contributed by atoms with Crippen molar-refractivity contribution >= 4 is 5.95 Å². The van der Waals surface area contributed by atoms with E-state index in [9.17, 15) is 0 Å². The molecule has 4 nitrogen and oxygen atoms in total. The third-order valence-electron chi connectivity index (χ3n) is 7.20. The molecule has 1 aromatic heterocycles. The minimum absolute atomic E-state index is 0.367. The van der Waals surface area contributed by atoms with Crippen LogP contribution >= 0.6 is 0 Å². The van der Waals surface area contributed by atoms with E-state index < -0.39 is 0 Å². The second-order valence-electron chi connectivity index (χ2n) is 8.81. The second kappa shape index (κ2) is 5.22. The quantitative estimate of drug-likeness (QED) is 0.852. The molecular formula is C19H30N4. The van der Waals surface area contributed by atoms with E-state index in [4.69, 9.17) is 10.2 Å². The van der Waals surface area contributed by atoms with Crippen molar-refractivity contribution in [1.29, 1.82) is 0 Å². The summed E-state index contributed by atoms with van der Waals surface area (Å²) in [4.78, 5) is 2.49. The van der Waals surface area contributed by atoms with Crippen LogP contribution in [0.5, 0.6) is 0 Å². The van der Waals surface area contributed by atoms with E-state index in [0.29, 0.717) is 5.41 Å². The lowest BCUT2D eigenvalue weighted by Gasteiger charge is -2.56. The molecule has 5 aliphatic rings. The lowest BCUT2D eigenvalue weighted by Crippen LogP contribution is -2.49. The first kappa shape index (κ1) is 14.3. The highest BCUT2D eigenvalue weighted by Gasteiger charge is 2.54. The van der Waals surface area contributed by atoms with Gasteiger partial charge >= 0.3 is 0 Å². The third-order valence-corrected chi connectivity index (χ3v) is 7.20. The molecule has 0 amide bonds. The predicted octanol–water partition coefficient (Wildman–Crippen LogP) is 3.76. The topological polar surface area (TPSA) is 34.0 Å². The average Bonchev–Trinajstić information content (AvgIpc) is 2.99. The van der Waals surface area contributed by atoms with Gasteiger partial charge in [-0.05, 0) is 82.5 Å². The molecule has 6 rings (SSSR count). The number of aromatic nitrogens is 3. The van der Waals surface area contributed by atoms with Crippen molar-refractivity contribution in [1.82, 2.24) is 14.8 Å². The van der Waals surface area contributed by atoms with Crippen molar-refractivity contribution in [2.24, 2.45) is 17.8 Å². The van der Waals surface area contributed by atoms with Crippen LogP contribution in [0.2, 0.25) is 0 Å². The molecule has 0 unspecified atom stereocenters. The van der Waals surface area contributed by atoms with Crippen molar-refractivity contribution < 1.29 is 0 Å². The maximum atomic E-state index is 4.82. The van der Waals surface area contributed by atoms with Gasteiger partial charge in [0, 0.05) is 25.0 Å². The van der Waals surface area contributed by atoms with Crippen LogP contribution in [0, 0.1) is 17.8 Å². The van der Waals surface area contributed by atoms with E-state index in [2.05, 4.69) is 16.4 Å². The number of nitrogens with zero attached hydrogens (tertiary/aromatic N) is 4. The standard InChI is InChI=1S/C19H30N4/c1-2-23-17(20-21-18(23)22-6-4-3-5-7-22)19-11-14-8-15(12-19)10-16(9-14)13-19/h14-16H,2-13H2,1H3. The summed E-state index contributed by atoms with van der Waals surface area (Å²) in [6, 6.07) is 0. The van der Waals surface area contributed by atoms with Crippen molar-refractivity contribution in [3.05, 3.63) is 5.82 Å². The van der Waals surface area contributed by atoms with Crippen LogP contribution in [0.3, 0.4) is 0 Å². The van der Waals surface area contributed by atoms with Gasteiger partial charge in [0.2, 0.25) is 5.95 Å². The van der Waals surface area contributed by atoms with E-state index in [1.165, 1.54) is 76.7 Å². The van der Waals surface area contributed by atoms with Gasteiger partial charge in [0.25, 0.3) is 0 Å². The lowest BCUT2D eigenvalue weighted by molar-refractivity contribution is -0.0110. The van der Waals surface area contributed by atoms with Gasteiger partial charge in [-0.1, -0.05) is 0 Å². The highest BCUT2D eigenvalue weighted by molar-refractivity contribution is 5.34. The van der Waals surface area contributed by atoms with Gasteiger partial charge in [0.05, 0.1) is 0 Å². The normalized spacial score (nSPS) is 39.2. The van der Waals surface area contributed by atoms with E-state index in [-0.39, 0.29) is 0 Å². The Bertz CT molecular complexity index is 549. The molecule has 4 saturated carbocycles. The molecule has 1 aliphatic heterocycles. The Kier molecular flexibility index (Phi) is 3.24. The molecule has 4 aliphatic carbocycles. The van der Waals surface area contributed by atoms with Crippen LogP contribution in [-0.2, 0) is 12.0 Å². The van der Waals surface area contributed by atoms with Gasteiger partial charge in [0.1, 0.15) is 5.82 Å². The number of anilines is 1. The van der Waals surface area contributed by atoms with E-state index in [1.807, 2.05) is 0 Å². The molecule has 126 valence electrons. The zero-order valence-corrected chi connectivity index (χ0v) is 14.5. The number of piperidine rings is 1. The summed E-state index contributed by atoms with van der Waals surface area (Å²) in [6.07, 6.45) is 12.6. The highest BCUT2D eigenvalue weighted by Crippen LogP contribution is 2.60. The van der Waals surface area contributed by atoms with Crippen LogP contribution < -0.4 is 4.90 Å². The summed E-state index contributed by atoms with van der Waals surface area (Å²) in [5.41, 5.74) is 0.367. The molecule has 2 heterocycles. The molecule has 0 atom stereocenters. The molecule has 4 bridgehead atoms. The Morgan fingerprint density at radius 3 is 2.09 bits per heavy atom. The highest BCUT2D eigenvalue weighted by atomic mass is 15.4. The minimum Gasteiger partial charge on any atom is -0.341 e. The number of hydrogen-bond donors (Lipinski definition) is 0. The Morgan fingerprint density at radius 1 is 0.913 bits per heavy atom. The maximum absolute atomic E-state index is 4.82. The van der Waals surface area contributed by atoms with Gasteiger partial charge in [-0.2, -0.15) is 0 Å². The first-order valence-electron chi connectivity index (χ1n) is 9.96. The molecule has 1 aromatic rings. The molecule has 0 N–H and O–H groups in total. The zero-order chi connectivity index (χ0) is 15.4. The monoisotopic (exact) mass is 314 g/mol. The van der Waals surface area contributed by atoms with Gasteiger partial charge in [-0.3, -0.25) is 4.57 Å². The minimum atomic E-state index is 0.367. The Hall–Kier alpha value is -1.06. The first-order chi connectivity index (χ1) is 11.3. The van der Waals surface area contributed by atoms with Gasteiger partial charge in [0.15, 0.2) is 0 Å². The second-order valence-corrected chi connectivity index (χ2v) is 8.81. The molecule has 4 heteroatoms. The molecule has 0 radical (unpaired) electrons. The fraction of sp³-hybridized carbons (Fsp3) is 0.895. The maximum Gasteiger partial charge on any atom is 0.227 e. The van der Waals surface area contributed by atoms with Gasteiger partial charge < -0.3 is 4.90 Å². The summed E-state index contributed by atoms with van der Waals surface area (Å²) in [5, 5.41) is 9.53. The van der Waals surface area contributed by atoms with Gasteiger partial charge in [-0.25, -0.2) is 0 Å². The molecule has 1 saturated heterocycles. The number of hydrogen-bond acceptors (Lipinski definition) is 3. The Labute approximate surface area is 139 Å². The average molecular weight is 314 g/mol. The summed E-state index contributed by atoms with van der Waals surface area (Å²) in [6.45, 7) is 5.63. The predicted molar refractivity (Wildman–Crippen MR) is 91.6 cm³/mol. The third kappa shape index (κ3) is 2.16. The lowest BCUT2D eigenvalue weighted by atomic mass is 9.49. The SMILES string of the molecule is CCn1c(N2CCCCC2)nnc1C12CC3CC(CC(C3)C1)C2. The van der Waals surface area contributed by atoms with Crippen LogP contribution in [-0.4, -0.2) is 27.9 Å². The van der Waals surface area contributed by atoms with E-state index >= 15 is 0 Å². The largest absolute Gasteiger partial charge is 0.341 e. The molecule has 5 fully saturated rings. The summed E-state index contributed by atoms with van der Waals surface area (Å²) < 4.78 is 2.48. The Morgan fingerprint density at radius 2 is 1.52 bits per heavy atom. The van der Waals surface area contributed by atoms with Crippen LogP contribution in [0.1, 0.15) is 70.5 Å².